The van der Waals surface area contributed by atoms with Crippen LogP contribution in [0.3, 0.4) is 0 Å². The molecule has 3 atom stereocenters. The van der Waals surface area contributed by atoms with Gasteiger partial charge in [0.2, 0.25) is 5.91 Å². The van der Waals surface area contributed by atoms with Crippen LogP contribution in [-0.2, 0) is 24.0 Å². The second-order valence-corrected chi connectivity index (χ2v) is 7.75. The molecular formula is C19H34N6O7. The van der Waals surface area contributed by atoms with E-state index in [1.54, 1.807) is 20.8 Å². The third-order valence-corrected chi connectivity index (χ3v) is 4.65. The Morgan fingerprint density at radius 2 is 1.78 bits per heavy atom. The van der Waals surface area contributed by atoms with Crippen LogP contribution in [0.4, 0.5) is 0 Å². The number of hydrogen-bond donors (Lipinski definition) is 6. The van der Waals surface area contributed by atoms with E-state index in [9.17, 15) is 34.2 Å². The van der Waals surface area contributed by atoms with Crippen molar-refractivity contribution >= 4 is 36.0 Å². The lowest BCUT2D eigenvalue weighted by atomic mass is 9.93. The number of carbonyl (C=O) groups is 5. The summed E-state index contributed by atoms with van der Waals surface area (Å²) in [4.78, 5) is 65.3. The Balaban J connectivity index is 5.94. The van der Waals surface area contributed by atoms with Crippen LogP contribution in [0.2, 0.25) is 0 Å². The summed E-state index contributed by atoms with van der Waals surface area (Å²) in [5, 5.41) is 20.9. The topological polar surface area (TPSA) is 231 Å². The van der Waals surface area contributed by atoms with Gasteiger partial charge in [-0.05, 0) is 25.2 Å². The summed E-state index contributed by atoms with van der Waals surface area (Å²) in [7, 11) is 0. The maximum absolute atomic E-state index is 13.2. The Morgan fingerprint density at radius 3 is 2.19 bits per heavy atom. The molecule has 0 aliphatic heterocycles. The number of carboxylic acids is 2. The van der Waals surface area contributed by atoms with Crippen molar-refractivity contribution in [1.82, 2.24) is 10.2 Å². The van der Waals surface area contributed by atoms with Gasteiger partial charge in [-0.3, -0.25) is 19.4 Å². The summed E-state index contributed by atoms with van der Waals surface area (Å²) in [5.74, 6) is -5.29. The Bertz CT molecular complexity index is 723. The fourth-order valence-corrected chi connectivity index (χ4v) is 2.98. The normalized spacial score (nSPS) is 14.5. The number of carboxylic acid groups (broad SMARTS) is 2. The average Bonchev–Trinajstić information content (AvgIpc) is 2.70. The largest absolute Gasteiger partial charge is 0.481 e. The number of nitrogens with two attached hydrogens (primary N) is 3. The molecule has 32 heavy (non-hydrogen) atoms. The van der Waals surface area contributed by atoms with Crippen molar-refractivity contribution in [3.63, 3.8) is 0 Å². The Kier molecular flexibility index (Phi) is 11.9. The number of hydrogen-bond acceptors (Lipinski definition) is 7. The van der Waals surface area contributed by atoms with E-state index in [0.717, 1.165) is 4.90 Å². The number of aliphatic carboxylic acids is 2. The quantitative estimate of drug-likeness (QED) is 0.0532. The molecule has 9 N–H and O–H groups in total. The number of aldehydes is 1. The lowest BCUT2D eigenvalue weighted by Crippen LogP contribution is -2.62. The summed E-state index contributed by atoms with van der Waals surface area (Å²) in [5.41, 5.74) is 14.4. The zero-order valence-corrected chi connectivity index (χ0v) is 18.6. The van der Waals surface area contributed by atoms with E-state index in [-0.39, 0.29) is 38.2 Å². The molecule has 0 radical (unpaired) electrons. The highest BCUT2D eigenvalue weighted by Gasteiger charge is 2.42. The summed E-state index contributed by atoms with van der Waals surface area (Å²) in [6.45, 7) is 4.83. The second-order valence-electron chi connectivity index (χ2n) is 7.75. The predicted octanol–water partition coefficient (Wildman–Crippen LogP) is -1.76. The number of guanidine groups is 1. The minimum atomic E-state index is -2.05. The minimum absolute atomic E-state index is 0.0791. The van der Waals surface area contributed by atoms with Gasteiger partial charge in [0.25, 0.3) is 5.91 Å². The van der Waals surface area contributed by atoms with Crippen molar-refractivity contribution in [2.75, 3.05) is 13.1 Å². The van der Waals surface area contributed by atoms with Crippen LogP contribution in [0.25, 0.3) is 0 Å². The lowest BCUT2D eigenvalue weighted by molar-refractivity contribution is -0.151. The molecule has 13 heteroatoms. The Hall–Kier alpha value is -3.22. The SMILES string of the molecule is CCCN(C(=O)[C@](N)(C=O)CCCN=C(N)N)[C@@H](CC(=O)O)C(=O)N[C@H](C(=O)O)C(C)C. The van der Waals surface area contributed by atoms with Crippen molar-refractivity contribution in [3.05, 3.63) is 0 Å². The molecule has 0 unspecified atom stereocenters. The highest BCUT2D eigenvalue weighted by molar-refractivity contribution is 6.03. The van der Waals surface area contributed by atoms with Gasteiger partial charge in [0, 0.05) is 13.1 Å². The molecule has 0 saturated carbocycles. The van der Waals surface area contributed by atoms with Gasteiger partial charge in [-0.15, -0.1) is 0 Å². The number of carbonyl (C=O) groups excluding carboxylic acids is 3. The molecule has 0 aromatic rings. The molecule has 0 heterocycles. The molecule has 0 saturated heterocycles. The monoisotopic (exact) mass is 458 g/mol. The Labute approximate surface area is 186 Å². The molecule has 0 aliphatic rings. The molecular weight excluding hydrogens is 424 g/mol. The Morgan fingerprint density at radius 1 is 1.19 bits per heavy atom. The van der Waals surface area contributed by atoms with Gasteiger partial charge in [0.1, 0.15) is 18.4 Å². The minimum Gasteiger partial charge on any atom is -0.481 e. The van der Waals surface area contributed by atoms with Crippen LogP contribution in [0.1, 0.15) is 46.5 Å². The number of nitrogens with zero attached hydrogens (tertiary/aromatic N) is 2. The summed E-state index contributed by atoms with van der Waals surface area (Å²) in [6, 6.07) is -2.87. The van der Waals surface area contributed by atoms with E-state index in [1.807, 2.05) is 0 Å². The van der Waals surface area contributed by atoms with Gasteiger partial charge in [0.15, 0.2) is 11.5 Å². The molecule has 0 bridgehead atoms. The third kappa shape index (κ3) is 8.88. The van der Waals surface area contributed by atoms with Crippen molar-refractivity contribution in [2.24, 2.45) is 28.1 Å². The standard InChI is InChI=1S/C19H34N6O7/c1-4-8-25(17(32)19(22,10-26)6-5-7-23-18(20)21)12(9-13(27)28)15(29)24-14(11(2)3)16(30)31/h10-12,14H,4-9,22H2,1-3H3,(H,24,29)(H,27,28)(H,30,31)(H4,20,21,23)/t12-,14-,19+/m0/s1. The van der Waals surface area contributed by atoms with Gasteiger partial charge < -0.3 is 42.4 Å². The molecule has 0 aromatic heterocycles. The molecule has 13 nitrogen and oxygen atoms in total. The van der Waals surface area contributed by atoms with Gasteiger partial charge >= 0.3 is 11.9 Å². The lowest BCUT2D eigenvalue weighted by Gasteiger charge is -2.36. The summed E-state index contributed by atoms with van der Waals surface area (Å²) < 4.78 is 0. The number of aliphatic imine (C=N–C) groups is 1. The molecule has 2 amide bonds. The van der Waals surface area contributed by atoms with Gasteiger partial charge in [-0.1, -0.05) is 20.8 Å². The highest BCUT2D eigenvalue weighted by atomic mass is 16.4. The highest BCUT2D eigenvalue weighted by Crippen LogP contribution is 2.17. The molecule has 0 aliphatic carbocycles. The van der Waals surface area contributed by atoms with E-state index in [4.69, 9.17) is 17.2 Å². The van der Waals surface area contributed by atoms with Crippen LogP contribution < -0.4 is 22.5 Å². The first-order valence-electron chi connectivity index (χ1n) is 10.2. The second kappa shape index (κ2) is 13.2. The maximum atomic E-state index is 13.2. The molecule has 0 rings (SSSR count). The van der Waals surface area contributed by atoms with E-state index >= 15 is 0 Å². The zero-order valence-electron chi connectivity index (χ0n) is 18.6. The van der Waals surface area contributed by atoms with Crippen molar-refractivity contribution in [3.8, 4) is 0 Å². The number of amides is 2. The molecule has 0 spiro atoms. The third-order valence-electron chi connectivity index (χ3n) is 4.65. The fraction of sp³-hybridized carbons (Fsp3) is 0.684. The molecule has 182 valence electrons. The predicted molar refractivity (Wildman–Crippen MR) is 115 cm³/mol. The fourth-order valence-electron chi connectivity index (χ4n) is 2.98. The van der Waals surface area contributed by atoms with Gasteiger partial charge in [-0.2, -0.15) is 0 Å². The first-order valence-corrected chi connectivity index (χ1v) is 10.2. The zero-order chi connectivity index (χ0) is 25.1. The first-order chi connectivity index (χ1) is 14.8. The maximum Gasteiger partial charge on any atom is 0.326 e. The number of rotatable bonds is 15. The number of nitrogens with one attached hydrogen (secondary N) is 1. The smallest absolute Gasteiger partial charge is 0.326 e. The summed E-state index contributed by atoms with van der Waals surface area (Å²) >= 11 is 0. The first kappa shape index (κ1) is 28.8. The van der Waals surface area contributed by atoms with E-state index in [1.165, 1.54) is 0 Å². The van der Waals surface area contributed by atoms with Gasteiger partial charge in [0.05, 0.1) is 6.42 Å². The van der Waals surface area contributed by atoms with E-state index < -0.39 is 53.7 Å². The molecule has 0 aromatic carbocycles. The van der Waals surface area contributed by atoms with E-state index in [0.29, 0.717) is 6.42 Å². The van der Waals surface area contributed by atoms with Gasteiger partial charge in [-0.25, -0.2) is 4.79 Å². The van der Waals surface area contributed by atoms with Crippen LogP contribution in [0, 0.1) is 5.92 Å². The van der Waals surface area contributed by atoms with Crippen molar-refractivity contribution in [1.29, 1.82) is 0 Å². The van der Waals surface area contributed by atoms with Crippen LogP contribution in [0.15, 0.2) is 4.99 Å². The van der Waals surface area contributed by atoms with Crippen LogP contribution in [0.5, 0.6) is 0 Å². The van der Waals surface area contributed by atoms with Crippen molar-refractivity contribution in [2.45, 2.75) is 64.1 Å². The van der Waals surface area contributed by atoms with Crippen LogP contribution >= 0.6 is 0 Å². The average molecular weight is 459 g/mol. The summed E-state index contributed by atoms with van der Waals surface area (Å²) in [6.07, 6.45) is -0.229. The molecule has 0 fully saturated rings. The van der Waals surface area contributed by atoms with E-state index in [2.05, 4.69) is 10.3 Å². The van der Waals surface area contributed by atoms with Crippen LogP contribution in [-0.4, -0.2) is 81.8 Å². The van der Waals surface area contributed by atoms with Crippen molar-refractivity contribution < 1.29 is 34.2 Å².